The van der Waals surface area contributed by atoms with Gasteiger partial charge in [-0.05, 0) is 13.3 Å². The largest absolute Gasteiger partial charge is 0.478 e. The van der Waals surface area contributed by atoms with Crippen LogP contribution in [0.5, 0.6) is 5.88 Å². The molecule has 17 heavy (non-hydrogen) atoms. The Morgan fingerprint density at radius 1 is 1.35 bits per heavy atom. The Morgan fingerprint density at radius 3 is 2.65 bits per heavy atom. The molecule has 0 amide bonds. The summed E-state index contributed by atoms with van der Waals surface area (Å²) < 4.78 is 40.8. The molecule has 1 aromatic heterocycles. The zero-order valence-corrected chi connectivity index (χ0v) is 9.64. The van der Waals surface area contributed by atoms with Crippen LogP contribution >= 0.6 is 0 Å². The molecule has 1 N–H and O–H groups in total. The van der Waals surface area contributed by atoms with Crippen molar-refractivity contribution in [3.05, 3.63) is 11.8 Å². The lowest BCUT2D eigenvalue weighted by Gasteiger charge is -2.08. The number of aryl methyl sites for hydroxylation is 1. The van der Waals surface area contributed by atoms with Crippen LogP contribution in [0.2, 0.25) is 0 Å². The van der Waals surface area contributed by atoms with Crippen LogP contribution in [0.3, 0.4) is 0 Å². The van der Waals surface area contributed by atoms with Gasteiger partial charge in [0.15, 0.2) is 0 Å². The van der Waals surface area contributed by atoms with Gasteiger partial charge in [-0.15, -0.1) is 0 Å². The summed E-state index contributed by atoms with van der Waals surface area (Å²) in [5.41, 5.74) is 0.690. The summed E-state index contributed by atoms with van der Waals surface area (Å²) in [5.74, 6) is 0.667. The highest BCUT2D eigenvalue weighted by Gasteiger charge is 2.26. The quantitative estimate of drug-likeness (QED) is 0.815. The second kappa shape index (κ2) is 5.70. The van der Waals surface area contributed by atoms with Gasteiger partial charge in [0.25, 0.3) is 0 Å². The van der Waals surface area contributed by atoms with E-state index in [1.54, 1.807) is 20.0 Å². The highest BCUT2D eigenvalue weighted by Crippen LogP contribution is 2.21. The van der Waals surface area contributed by atoms with Gasteiger partial charge in [-0.2, -0.15) is 18.2 Å². The van der Waals surface area contributed by atoms with Crippen molar-refractivity contribution >= 4 is 5.95 Å². The van der Waals surface area contributed by atoms with Crippen molar-refractivity contribution in [1.29, 1.82) is 0 Å². The van der Waals surface area contributed by atoms with E-state index in [1.165, 1.54) is 0 Å². The number of rotatable bonds is 5. The van der Waals surface area contributed by atoms with Crippen LogP contribution in [0.1, 0.15) is 18.5 Å². The average Bonchev–Trinajstić information content (AvgIpc) is 2.22. The molecule has 0 aliphatic rings. The zero-order chi connectivity index (χ0) is 12.9. The van der Waals surface area contributed by atoms with Gasteiger partial charge < -0.3 is 10.1 Å². The second-order valence-corrected chi connectivity index (χ2v) is 3.49. The lowest BCUT2D eigenvalue weighted by atomic mass is 10.3. The Kier molecular flexibility index (Phi) is 4.53. The van der Waals surface area contributed by atoms with Gasteiger partial charge in [-0.3, -0.25) is 0 Å². The Balaban J connectivity index is 2.44. The number of anilines is 1. The Bertz CT molecular complexity index is 368. The minimum Gasteiger partial charge on any atom is -0.478 e. The molecule has 0 unspecified atom stereocenters. The van der Waals surface area contributed by atoms with Crippen molar-refractivity contribution in [2.24, 2.45) is 0 Å². The molecule has 0 bridgehead atoms. The smallest absolute Gasteiger partial charge is 0.389 e. The Hall–Kier alpha value is -1.53. The summed E-state index contributed by atoms with van der Waals surface area (Å²) in [6.07, 6.45) is -5.07. The van der Waals surface area contributed by atoms with E-state index in [9.17, 15) is 13.2 Å². The maximum absolute atomic E-state index is 11.9. The first kappa shape index (κ1) is 13.5. The first-order chi connectivity index (χ1) is 7.90. The number of nitrogens with zero attached hydrogens (tertiary/aromatic N) is 2. The maximum atomic E-state index is 11.9. The van der Waals surface area contributed by atoms with Crippen LogP contribution in [0.25, 0.3) is 0 Å². The topological polar surface area (TPSA) is 47.0 Å². The molecule has 1 heterocycles. The van der Waals surface area contributed by atoms with Crippen LogP contribution in [0.15, 0.2) is 6.07 Å². The predicted molar refractivity (Wildman–Crippen MR) is 57.1 cm³/mol. The summed E-state index contributed by atoms with van der Waals surface area (Å²) >= 11 is 0. The van der Waals surface area contributed by atoms with E-state index < -0.39 is 12.6 Å². The zero-order valence-electron chi connectivity index (χ0n) is 9.64. The maximum Gasteiger partial charge on any atom is 0.389 e. The Morgan fingerprint density at radius 2 is 2.06 bits per heavy atom. The summed E-state index contributed by atoms with van der Waals surface area (Å²) in [7, 11) is 1.65. The molecule has 96 valence electrons. The fourth-order valence-electron chi connectivity index (χ4n) is 1.17. The van der Waals surface area contributed by atoms with E-state index in [0.29, 0.717) is 11.6 Å². The van der Waals surface area contributed by atoms with Gasteiger partial charge in [0.05, 0.1) is 6.61 Å². The lowest BCUT2D eigenvalue weighted by Crippen LogP contribution is -2.10. The molecule has 0 fully saturated rings. The molecule has 0 saturated carbocycles. The summed E-state index contributed by atoms with van der Waals surface area (Å²) in [4.78, 5) is 8.00. The number of aromatic nitrogens is 2. The standard InChI is InChI=1S/C10H14F3N3O/c1-7-6-8(16-9(14-2)15-7)17-5-3-4-10(11,12)13/h6H,3-5H2,1-2H3,(H,14,15,16). The molecule has 0 spiro atoms. The molecule has 0 radical (unpaired) electrons. The first-order valence-corrected chi connectivity index (χ1v) is 5.14. The molecule has 4 nitrogen and oxygen atoms in total. The number of nitrogens with one attached hydrogen (secondary N) is 1. The van der Waals surface area contributed by atoms with Gasteiger partial charge in [0.2, 0.25) is 11.8 Å². The van der Waals surface area contributed by atoms with Crippen molar-refractivity contribution in [2.75, 3.05) is 19.0 Å². The second-order valence-electron chi connectivity index (χ2n) is 3.49. The van der Waals surface area contributed by atoms with Gasteiger partial charge in [0, 0.05) is 25.2 Å². The van der Waals surface area contributed by atoms with Crippen LogP contribution in [-0.2, 0) is 0 Å². The molecular weight excluding hydrogens is 235 g/mol. The van der Waals surface area contributed by atoms with Gasteiger partial charge >= 0.3 is 6.18 Å². The third-order valence-electron chi connectivity index (χ3n) is 1.91. The van der Waals surface area contributed by atoms with E-state index in [2.05, 4.69) is 15.3 Å². The molecule has 7 heteroatoms. The van der Waals surface area contributed by atoms with Crippen LogP contribution in [0, 0.1) is 6.92 Å². The number of hydrogen-bond acceptors (Lipinski definition) is 4. The number of hydrogen-bond donors (Lipinski definition) is 1. The fraction of sp³-hybridized carbons (Fsp3) is 0.600. The fourth-order valence-corrected chi connectivity index (χ4v) is 1.17. The van der Waals surface area contributed by atoms with E-state index in [4.69, 9.17) is 4.74 Å². The SMILES string of the molecule is CNc1nc(C)cc(OCCCC(F)(F)F)n1. The number of ether oxygens (including phenoxy) is 1. The molecule has 1 aromatic rings. The minimum atomic E-state index is -4.14. The van der Waals surface area contributed by atoms with Crippen molar-refractivity contribution in [1.82, 2.24) is 9.97 Å². The van der Waals surface area contributed by atoms with Crippen molar-refractivity contribution < 1.29 is 17.9 Å². The third kappa shape index (κ3) is 5.37. The van der Waals surface area contributed by atoms with E-state index in [1.807, 2.05) is 0 Å². The molecule has 1 rings (SSSR count). The number of halogens is 3. The van der Waals surface area contributed by atoms with Crippen LogP contribution in [0.4, 0.5) is 19.1 Å². The van der Waals surface area contributed by atoms with E-state index in [0.717, 1.165) is 0 Å². The van der Waals surface area contributed by atoms with E-state index in [-0.39, 0.29) is 18.9 Å². The highest BCUT2D eigenvalue weighted by molar-refractivity contribution is 5.29. The highest BCUT2D eigenvalue weighted by atomic mass is 19.4. The first-order valence-electron chi connectivity index (χ1n) is 5.14. The van der Waals surface area contributed by atoms with Crippen LogP contribution < -0.4 is 10.1 Å². The molecule has 0 atom stereocenters. The lowest BCUT2D eigenvalue weighted by molar-refractivity contribution is -0.136. The van der Waals surface area contributed by atoms with Gasteiger partial charge in [-0.1, -0.05) is 0 Å². The summed E-state index contributed by atoms with van der Waals surface area (Å²) in [6, 6.07) is 1.58. The Labute approximate surface area is 97.2 Å². The monoisotopic (exact) mass is 249 g/mol. The number of alkyl halides is 3. The average molecular weight is 249 g/mol. The van der Waals surface area contributed by atoms with Crippen molar-refractivity contribution in [3.63, 3.8) is 0 Å². The normalized spacial score (nSPS) is 11.4. The summed E-state index contributed by atoms with van der Waals surface area (Å²) in [6.45, 7) is 1.74. The minimum absolute atomic E-state index is 0.0148. The molecule has 0 aliphatic heterocycles. The van der Waals surface area contributed by atoms with Gasteiger partial charge in [-0.25, -0.2) is 4.98 Å². The van der Waals surface area contributed by atoms with Crippen molar-refractivity contribution in [3.8, 4) is 5.88 Å². The molecule has 0 aromatic carbocycles. The van der Waals surface area contributed by atoms with E-state index >= 15 is 0 Å². The van der Waals surface area contributed by atoms with Crippen LogP contribution in [-0.4, -0.2) is 29.8 Å². The molecule has 0 saturated heterocycles. The molecule has 0 aliphatic carbocycles. The van der Waals surface area contributed by atoms with Crippen molar-refractivity contribution in [2.45, 2.75) is 25.9 Å². The summed E-state index contributed by atoms with van der Waals surface area (Å²) in [5, 5.41) is 2.74. The molecular formula is C10H14F3N3O. The van der Waals surface area contributed by atoms with Gasteiger partial charge in [0.1, 0.15) is 0 Å². The predicted octanol–water partition coefficient (Wildman–Crippen LogP) is 2.55. The third-order valence-corrected chi connectivity index (χ3v) is 1.91.